The van der Waals surface area contributed by atoms with Gasteiger partial charge in [-0.25, -0.2) is 4.79 Å². The lowest BCUT2D eigenvalue weighted by atomic mass is 10.2. The fourth-order valence-corrected chi connectivity index (χ4v) is 4.01. The number of amides is 1. The number of para-hydroxylation sites is 2. The Labute approximate surface area is 186 Å². The molecule has 0 fully saturated rings. The van der Waals surface area contributed by atoms with Gasteiger partial charge in [0.2, 0.25) is 0 Å². The molecular formula is C23H22N2O6S. The normalized spacial score (nSPS) is 11.8. The Bertz CT molecular complexity index is 1170. The highest BCUT2D eigenvalue weighted by Gasteiger charge is 2.28. The van der Waals surface area contributed by atoms with Gasteiger partial charge in [0.1, 0.15) is 6.04 Å². The van der Waals surface area contributed by atoms with Crippen LogP contribution in [-0.4, -0.2) is 33.4 Å². The predicted octanol–water partition coefficient (Wildman–Crippen LogP) is 3.17. The minimum atomic E-state index is -4.13. The summed E-state index contributed by atoms with van der Waals surface area (Å²) in [6, 6.07) is 21.4. The van der Waals surface area contributed by atoms with Crippen molar-refractivity contribution < 1.29 is 27.6 Å². The summed E-state index contributed by atoms with van der Waals surface area (Å²) >= 11 is 0. The highest BCUT2D eigenvalue weighted by Crippen LogP contribution is 2.26. The van der Waals surface area contributed by atoms with Crippen molar-refractivity contribution >= 4 is 27.6 Å². The highest BCUT2D eigenvalue weighted by atomic mass is 32.2. The molecular weight excluding hydrogens is 432 g/mol. The van der Waals surface area contributed by atoms with Gasteiger partial charge in [-0.2, -0.15) is 8.42 Å². The number of esters is 1. The van der Waals surface area contributed by atoms with Gasteiger partial charge in [-0.1, -0.05) is 40.9 Å². The summed E-state index contributed by atoms with van der Waals surface area (Å²) in [5.74, 6) is -0.783. The van der Waals surface area contributed by atoms with Crippen molar-refractivity contribution in [2.24, 2.45) is 0 Å². The molecule has 32 heavy (non-hydrogen) atoms. The van der Waals surface area contributed by atoms with Crippen molar-refractivity contribution in [3.8, 4) is 5.75 Å². The van der Waals surface area contributed by atoms with Gasteiger partial charge in [0.25, 0.3) is 15.9 Å². The van der Waals surface area contributed by atoms with Crippen molar-refractivity contribution in [3.05, 3.63) is 90.5 Å². The number of sulfonamides is 1. The maximum atomic E-state index is 13.4. The lowest BCUT2D eigenvalue weighted by Gasteiger charge is -2.24. The minimum Gasteiger partial charge on any atom is -0.467 e. The maximum absolute atomic E-state index is 13.4. The first-order valence-electron chi connectivity index (χ1n) is 9.65. The molecule has 0 spiro atoms. The number of nitrogens with one attached hydrogen (secondary N) is 1. The van der Waals surface area contributed by atoms with E-state index in [1.807, 2.05) is 0 Å². The molecule has 1 amide bonds. The average molecular weight is 455 g/mol. The van der Waals surface area contributed by atoms with Crippen molar-refractivity contribution in [1.29, 1.82) is 0 Å². The minimum absolute atomic E-state index is 0.0742. The molecule has 0 aliphatic rings. The van der Waals surface area contributed by atoms with Gasteiger partial charge < -0.3 is 14.9 Å². The zero-order chi connectivity index (χ0) is 23.1. The zero-order valence-corrected chi connectivity index (χ0v) is 18.3. The molecule has 0 heterocycles. The third-order valence-corrected chi connectivity index (χ3v) is 6.02. The van der Waals surface area contributed by atoms with Gasteiger partial charge in [0.15, 0.2) is 5.75 Å². The highest BCUT2D eigenvalue weighted by molar-refractivity contribution is 7.92. The molecule has 0 aliphatic carbocycles. The van der Waals surface area contributed by atoms with Crippen LogP contribution in [0.15, 0.2) is 89.8 Å². The molecule has 3 aromatic rings. The number of carbonyl (C=O) groups is 2. The van der Waals surface area contributed by atoms with E-state index in [1.54, 1.807) is 60.7 Å². The number of carbonyl (C=O) groups excluding carboxylic acids is 2. The second kappa shape index (κ2) is 9.97. The first-order chi connectivity index (χ1) is 15.3. The van der Waals surface area contributed by atoms with E-state index in [0.29, 0.717) is 11.4 Å². The lowest BCUT2D eigenvalue weighted by Crippen LogP contribution is -2.39. The quantitative estimate of drug-likeness (QED) is 0.414. The third-order valence-electron chi connectivity index (χ3n) is 4.43. The summed E-state index contributed by atoms with van der Waals surface area (Å²) < 4.78 is 32.1. The summed E-state index contributed by atoms with van der Waals surface area (Å²) in [6.07, 6.45) is 0. The van der Waals surface area contributed by atoms with E-state index < -0.39 is 27.9 Å². The summed E-state index contributed by atoms with van der Waals surface area (Å²) in [7, 11) is -2.91. The second-order valence-corrected chi connectivity index (χ2v) is 8.47. The Balaban J connectivity index is 1.88. The SMILES string of the molecule is COC(=O)C(C)NC(=O)c1ccc(S(=O)(=O)N(Oc2ccccc2)c2ccccc2)cc1. The zero-order valence-electron chi connectivity index (χ0n) is 17.5. The smallest absolute Gasteiger partial charge is 0.328 e. The Morgan fingerprint density at radius 3 is 2.00 bits per heavy atom. The maximum Gasteiger partial charge on any atom is 0.328 e. The van der Waals surface area contributed by atoms with Crippen LogP contribution in [0.25, 0.3) is 0 Å². The third kappa shape index (κ3) is 5.25. The Hall–Kier alpha value is -3.85. The predicted molar refractivity (Wildman–Crippen MR) is 119 cm³/mol. The van der Waals surface area contributed by atoms with Gasteiger partial charge >= 0.3 is 5.97 Å². The van der Waals surface area contributed by atoms with Crippen LogP contribution in [0.5, 0.6) is 5.75 Å². The van der Waals surface area contributed by atoms with E-state index >= 15 is 0 Å². The molecule has 3 rings (SSSR count). The molecule has 9 heteroatoms. The van der Waals surface area contributed by atoms with E-state index in [1.165, 1.54) is 38.3 Å². The number of hydrogen-bond donors (Lipinski definition) is 1. The Morgan fingerprint density at radius 2 is 1.44 bits per heavy atom. The summed E-state index contributed by atoms with van der Waals surface area (Å²) in [5, 5.41) is 2.49. The number of anilines is 1. The van der Waals surface area contributed by atoms with Crippen molar-refractivity contribution in [1.82, 2.24) is 5.32 Å². The first-order valence-corrected chi connectivity index (χ1v) is 11.1. The van der Waals surface area contributed by atoms with Crippen molar-refractivity contribution in [2.75, 3.05) is 11.6 Å². The molecule has 3 aromatic carbocycles. The fourth-order valence-electron chi connectivity index (χ4n) is 2.76. The summed E-state index contributed by atoms with van der Waals surface area (Å²) in [6.45, 7) is 1.49. The van der Waals surface area contributed by atoms with E-state index in [0.717, 1.165) is 4.47 Å². The molecule has 166 valence electrons. The molecule has 0 aliphatic heterocycles. The van der Waals surface area contributed by atoms with Crippen LogP contribution >= 0.6 is 0 Å². The first kappa shape index (κ1) is 22.8. The van der Waals surface area contributed by atoms with Crippen molar-refractivity contribution in [3.63, 3.8) is 0 Å². The van der Waals surface area contributed by atoms with Crippen LogP contribution in [0.4, 0.5) is 5.69 Å². The number of rotatable bonds is 8. The molecule has 1 unspecified atom stereocenters. The van der Waals surface area contributed by atoms with Gasteiger partial charge in [-0.3, -0.25) is 4.79 Å². The van der Waals surface area contributed by atoms with Crippen LogP contribution < -0.4 is 14.6 Å². The van der Waals surface area contributed by atoms with Crippen LogP contribution in [0, 0.1) is 0 Å². The number of benzene rings is 3. The van der Waals surface area contributed by atoms with Crippen LogP contribution in [-0.2, 0) is 19.6 Å². The Morgan fingerprint density at radius 1 is 0.875 bits per heavy atom. The van der Waals surface area contributed by atoms with Crippen LogP contribution in [0.3, 0.4) is 0 Å². The molecule has 1 atom stereocenters. The topological polar surface area (TPSA) is 102 Å². The van der Waals surface area contributed by atoms with E-state index in [9.17, 15) is 18.0 Å². The van der Waals surface area contributed by atoms with E-state index in [-0.39, 0.29) is 10.5 Å². The number of nitrogens with zero attached hydrogens (tertiary/aromatic N) is 1. The molecule has 0 radical (unpaired) electrons. The van der Waals surface area contributed by atoms with Crippen molar-refractivity contribution in [2.45, 2.75) is 17.9 Å². The lowest BCUT2D eigenvalue weighted by molar-refractivity contribution is -0.142. The second-order valence-electron chi connectivity index (χ2n) is 6.71. The molecule has 0 saturated heterocycles. The van der Waals surface area contributed by atoms with Gasteiger partial charge in [-0.05, 0) is 55.5 Å². The molecule has 1 N–H and O–H groups in total. The van der Waals surface area contributed by atoms with Gasteiger partial charge in [0.05, 0.1) is 17.7 Å². The monoisotopic (exact) mass is 454 g/mol. The summed E-state index contributed by atoms with van der Waals surface area (Å²) in [5.41, 5.74) is 0.500. The van der Waals surface area contributed by atoms with E-state index in [4.69, 9.17) is 4.84 Å². The van der Waals surface area contributed by atoms with Crippen LogP contribution in [0.2, 0.25) is 0 Å². The molecule has 0 bridgehead atoms. The standard InChI is InChI=1S/C23H22N2O6S/c1-17(23(27)30-2)24-22(26)18-13-15-21(16-14-18)32(28,29)25(19-9-5-3-6-10-19)31-20-11-7-4-8-12-20/h3-17H,1-2H3,(H,24,26). The van der Waals surface area contributed by atoms with E-state index in [2.05, 4.69) is 10.1 Å². The Kier molecular flexibility index (Phi) is 7.11. The van der Waals surface area contributed by atoms with Crippen LogP contribution in [0.1, 0.15) is 17.3 Å². The largest absolute Gasteiger partial charge is 0.467 e. The van der Waals surface area contributed by atoms with Gasteiger partial charge in [-0.15, -0.1) is 0 Å². The van der Waals surface area contributed by atoms with Gasteiger partial charge in [0, 0.05) is 5.56 Å². The molecule has 0 aromatic heterocycles. The number of methoxy groups -OCH3 is 1. The molecule has 8 nitrogen and oxygen atoms in total. The number of hydrogen-bond acceptors (Lipinski definition) is 6. The average Bonchev–Trinajstić information content (AvgIpc) is 2.83. The fraction of sp³-hybridized carbons (Fsp3) is 0.130. The number of ether oxygens (including phenoxy) is 1. The summed E-state index contributed by atoms with van der Waals surface area (Å²) in [4.78, 5) is 29.4. The molecule has 0 saturated carbocycles.